The zero-order chi connectivity index (χ0) is 35.3. The second-order valence-corrected chi connectivity index (χ2v) is 13.8. The zero-order valence-electron chi connectivity index (χ0n) is 28.9. The highest BCUT2D eigenvalue weighted by Crippen LogP contribution is 2.31. The summed E-state index contributed by atoms with van der Waals surface area (Å²) in [6.45, 7) is 6.33. The minimum Gasteiger partial charge on any atom is -0.395 e. The van der Waals surface area contributed by atoms with Gasteiger partial charge in [0, 0.05) is 38.1 Å². The number of benzene rings is 2. The Bertz CT molecular complexity index is 1360. The molecule has 0 radical (unpaired) electrons. The summed E-state index contributed by atoms with van der Waals surface area (Å²) in [7, 11) is 0. The van der Waals surface area contributed by atoms with Crippen molar-refractivity contribution < 1.29 is 24.3 Å². The molecule has 0 spiro atoms. The number of nitrogens with two attached hydrogens (primary N) is 2. The lowest BCUT2D eigenvalue weighted by molar-refractivity contribution is -0.139. The second kappa shape index (κ2) is 18.8. The van der Waals surface area contributed by atoms with Gasteiger partial charge >= 0.3 is 0 Å². The highest BCUT2D eigenvalue weighted by Gasteiger charge is 2.46. The van der Waals surface area contributed by atoms with Crippen molar-refractivity contribution in [3.63, 3.8) is 0 Å². The van der Waals surface area contributed by atoms with E-state index in [9.17, 15) is 24.3 Å². The minimum absolute atomic E-state index is 0.0414. The van der Waals surface area contributed by atoms with Crippen molar-refractivity contribution in [3.8, 4) is 0 Å². The van der Waals surface area contributed by atoms with E-state index in [0.29, 0.717) is 51.9 Å². The predicted octanol–water partition coefficient (Wildman–Crippen LogP) is 0.706. The van der Waals surface area contributed by atoms with Crippen LogP contribution >= 0.6 is 0 Å². The highest BCUT2D eigenvalue weighted by atomic mass is 16.3. The number of carbonyl (C=O) groups excluding carboxylic acids is 4. The normalized spacial score (nSPS) is 19.7. The van der Waals surface area contributed by atoms with Crippen LogP contribution in [-0.2, 0) is 32.0 Å². The summed E-state index contributed by atoms with van der Waals surface area (Å²) in [6, 6.07) is 15.5. The predicted molar refractivity (Wildman–Crippen MR) is 189 cm³/mol. The molecule has 2 aromatic rings. The van der Waals surface area contributed by atoms with E-state index in [4.69, 9.17) is 11.5 Å². The van der Waals surface area contributed by atoms with Gasteiger partial charge in [0.1, 0.15) is 18.1 Å². The smallest absolute Gasteiger partial charge is 0.245 e. The summed E-state index contributed by atoms with van der Waals surface area (Å²) in [4.78, 5) is 59.1. The number of amides is 4. The van der Waals surface area contributed by atoms with Crippen LogP contribution in [0.2, 0.25) is 0 Å². The van der Waals surface area contributed by atoms with Crippen molar-refractivity contribution in [1.82, 2.24) is 25.8 Å². The number of carbonyl (C=O) groups is 4. The third kappa shape index (κ3) is 11.1. The summed E-state index contributed by atoms with van der Waals surface area (Å²) < 4.78 is 0. The van der Waals surface area contributed by atoms with Crippen molar-refractivity contribution in [2.45, 2.75) is 95.0 Å². The van der Waals surface area contributed by atoms with Gasteiger partial charge in [0.25, 0.3) is 0 Å². The molecular formula is C37H55N7O5. The molecule has 2 bridgehead atoms. The van der Waals surface area contributed by atoms with Gasteiger partial charge in [-0.15, -0.1) is 0 Å². The third-order valence-corrected chi connectivity index (χ3v) is 9.48. The summed E-state index contributed by atoms with van der Waals surface area (Å²) in [6.07, 6.45) is 3.52. The van der Waals surface area contributed by atoms with Crippen LogP contribution in [0.1, 0.15) is 57.1 Å². The molecule has 4 rings (SSSR count). The molecule has 12 nitrogen and oxygen atoms in total. The average molecular weight is 678 g/mol. The standard InChI is InChI=1S/C37H55N7O5/c1-25(2)19-32(35(47)40-31(15-9-10-16-38)37(49)44-24-28-22-29(44)23-43(28)17-18-45)42-36(48)33(21-27-13-7-4-8-14-27)41-34(46)30(39)20-26-11-5-3-6-12-26/h3-8,11-14,25,28-33,45H,9-10,15-24,38-39H2,1-2H3,(H,40,47)(H,41,46)(H,42,48). The molecule has 0 saturated carbocycles. The SMILES string of the molecule is CC(C)CC(NC(=O)C(Cc1ccccc1)NC(=O)C(N)Cc1ccccc1)C(=O)NC(CCCCN)C(=O)N1CC2CC1CN2CCO. The number of hydrogen-bond acceptors (Lipinski definition) is 8. The Morgan fingerprint density at radius 2 is 1.39 bits per heavy atom. The van der Waals surface area contributed by atoms with Crippen LogP contribution in [0.15, 0.2) is 60.7 Å². The summed E-state index contributed by atoms with van der Waals surface area (Å²) in [5.41, 5.74) is 13.8. The molecule has 6 atom stereocenters. The number of rotatable bonds is 19. The van der Waals surface area contributed by atoms with Gasteiger partial charge in [-0.2, -0.15) is 0 Å². The molecule has 0 aliphatic carbocycles. The number of aliphatic hydroxyl groups excluding tert-OH is 1. The zero-order valence-corrected chi connectivity index (χ0v) is 28.9. The van der Waals surface area contributed by atoms with Crippen LogP contribution in [0, 0.1) is 5.92 Å². The fourth-order valence-electron chi connectivity index (χ4n) is 6.92. The van der Waals surface area contributed by atoms with E-state index >= 15 is 0 Å². The first-order chi connectivity index (χ1) is 23.6. The van der Waals surface area contributed by atoms with E-state index in [-0.39, 0.29) is 36.9 Å². The van der Waals surface area contributed by atoms with Crippen LogP contribution in [-0.4, -0.2) is 108 Å². The van der Waals surface area contributed by atoms with Gasteiger partial charge in [-0.05, 0) is 62.1 Å². The van der Waals surface area contributed by atoms with E-state index in [1.165, 1.54) is 0 Å². The van der Waals surface area contributed by atoms with Crippen molar-refractivity contribution in [1.29, 1.82) is 0 Å². The Morgan fingerprint density at radius 1 is 0.796 bits per heavy atom. The first-order valence-electron chi connectivity index (χ1n) is 17.7. The number of nitrogens with zero attached hydrogens (tertiary/aromatic N) is 2. The van der Waals surface area contributed by atoms with Crippen LogP contribution in [0.4, 0.5) is 0 Å². The van der Waals surface area contributed by atoms with Gasteiger partial charge in [0.05, 0.1) is 12.6 Å². The van der Waals surface area contributed by atoms with Crippen LogP contribution < -0.4 is 27.4 Å². The lowest BCUT2D eigenvalue weighted by atomic mass is 9.99. The summed E-state index contributed by atoms with van der Waals surface area (Å²) >= 11 is 0. The quantitative estimate of drug-likeness (QED) is 0.118. The maximum Gasteiger partial charge on any atom is 0.245 e. The van der Waals surface area contributed by atoms with Gasteiger partial charge in [-0.1, -0.05) is 74.5 Å². The minimum atomic E-state index is -0.983. The summed E-state index contributed by atoms with van der Waals surface area (Å²) in [5.74, 6) is -1.48. The molecule has 268 valence electrons. The number of unbranched alkanes of at least 4 members (excludes halogenated alkanes) is 1. The number of fused-ring (bicyclic) bond motifs is 2. The number of likely N-dealkylation sites (tertiary alicyclic amines) is 2. The number of β-amino-alcohol motifs (C(OH)–C–C–N with tert-alkyl or cyclic N) is 1. The lowest BCUT2D eigenvalue weighted by Gasteiger charge is -2.36. The first kappa shape index (κ1) is 38.0. The molecule has 2 saturated heterocycles. The molecule has 12 heteroatoms. The maximum absolute atomic E-state index is 13.9. The van der Waals surface area contributed by atoms with E-state index in [1.807, 2.05) is 79.4 Å². The highest BCUT2D eigenvalue weighted by molar-refractivity contribution is 5.95. The molecule has 49 heavy (non-hydrogen) atoms. The fraction of sp³-hybridized carbons (Fsp3) is 0.568. The Labute approximate surface area is 290 Å². The number of piperazine rings is 1. The van der Waals surface area contributed by atoms with E-state index in [1.54, 1.807) is 0 Å². The Balaban J connectivity index is 1.47. The molecule has 6 unspecified atom stereocenters. The van der Waals surface area contributed by atoms with Crippen molar-refractivity contribution in [2.75, 3.05) is 32.8 Å². The molecule has 2 aliphatic heterocycles. The maximum atomic E-state index is 13.9. The van der Waals surface area contributed by atoms with Gasteiger partial charge in [-0.25, -0.2) is 0 Å². The van der Waals surface area contributed by atoms with Gasteiger partial charge in [0.15, 0.2) is 0 Å². The Morgan fingerprint density at radius 3 is 1.96 bits per heavy atom. The van der Waals surface area contributed by atoms with Gasteiger partial charge < -0.3 is 37.4 Å². The average Bonchev–Trinajstić information content (AvgIpc) is 3.69. The topological polar surface area (TPSA) is 183 Å². The van der Waals surface area contributed by atoms with Crippen LogP contribution in [0.5, 0.6) is 0 Å². The number of hydrogen-bond donors (Lipinski definition) is 6. The molecule has 0 aromatic heterocycles. The Hall–Kier alpha value is -3.84. The van der Waals surface area contributed by atoms with E-state index < -0.39 is 41.9 Å². The molecule has 2 heterocycles. The van der Waals surface area contributed by atoms with Crippen molar-refractivity contribution in [3.05, 3.63) is 71.8 Å². The summed E-state index contributed by atoms with van der Waals surface area (Å²) in [5, 5.41) is 18.1. The third-order valence-electron chi connectivity index (χ3n) is 9.48. The molecule has 4 amide bonds. The lowest BCUT2D eigenvalue weighted by Crippen LogP contribution is -2.59. The van der Waals surface area contributed by atoms with Crippen LogP contribution in [0.3, 0.4) is 0 Å². The van der Waals surface area contributed by atoms with Crippen molar-refractivity contribution in [2.24, 2.45) is 17.4 Å². The molecular weight excluding hydrogens is 622 g/mol. The molecule has 2 fully saturated rings. The molecule has 8 N–H and O–H groups in total. The molecule has 2 aliphatic rings. The van der Waals surface area contributed by atoms with Crippen molar-refractivity contribution >= 4 is 23.6 Å². The Kier molecular flexibility index (Phi) is 14.6. The second-order valence-electron chi connectivity index (χ2n) is 13.8. The monoisotopic (exact) mass is 677 g/mol. The van der Waals surface area contributed by atoms with Gasteiger partial charge in [-0.3, -0.25) is 24.1 Å². The first-order valence-corrected chi connectivity index (χ1v) is 17.7. The largest absolute Gasteiger partial charge is 0.395 e. The van der Waals surface area contributed by atoms with E-state index in [0.717, 1.165) is 24.0 Å². The van der Waals surface area contributed by atoms with Crippen LogP contribution in [0.25, 0.3) is 0 Å². The van der Waals surface area contributed by atoms with E-state index in [2.05, 4.69) is 20.9 Å². The number of aliphatic hydroxyl groups is 1. The fourth-order valence-corrected chi connectivity index (χ4v) is 6.92. The number of nitrogens with one attached hydrogen (secondary N) is 3. The van der Waals surface area contributed by atoms with Gasteiger partial charge in [0.2, 0.25) is 23.6 Å². The molecule has 2 aromatic carbocycles.